The number of ether oxygens (including phenoxy) is 1. The zero-order valence-electron chi connectivity index (χ0n) is 19.2. The van der Waals surface area contributed by atoms with E-state index >= 15 is 0 Å². The zero-order valence-corrected chi connectivity index (χ0v) is 20.0. The first kappa shape index (κ1) is 24.7. The molecule has 0 unspecified atom stereocenters. The van der Waals surface area contributed by atoms with E-state index in [1.807, 2.05) is 6.92 Å². The van der Waals surface area contributed by atoms with Crippen LogP contribution in [0.5, 0.6) is 0 Å². The summed E-state index contributed by atoms with van der Waals surface area (Å²) in [7, 11) is 0. The first-order valence-corrected chi connectivity index (χ1v) is 11.5. The molecule has 10 heteroatoms. The van der Waals surface area contributed by atoms with E-state index in [1.165, 1.54) is 18.4 Å². The molecule has 0 bridgehead atoms. The molecule has 3 aromatic rings. The molecule has 0 spiro atoms. The summed E-state index contributed by atoms with van der Waals surface area (Å²) in [4.78, 5) is 51.7. The number of carbonyl (C=O) groups is 4. The Kier molecular flexibility index (Phi) is 7.50. The largest absolute Gasteiger partial charge is 0.467 e. The van der Waals surface area contributed by atoms with Gasteiger partial charge in [-0.2, -0.15) is 0 Å². The minimum absolute atomic E-state index is 0.0725. The summed E-state index contributed by atoms with van der Waals surface area (Å²) in [5, 5.41) is 5.26. The number of nitrogens with one attached hydrogen (secondary N) is 2. The summed E-state index contributed by atoms with van der Waals surface area (Å²) in [6.07, 6.45) is 2.15. The molecule has 4 rings (SSSR count). The molecule has 3 amide bonds. The van der Waals surface area contributed by atoms with Crippen LogP contribution < -0.4 is 15.5 Å². The lowest BCUT2D eigenvalue weighted by atomic mass is 10.1. The highest BCUT2D eigenvalue weighted by Crippen LogP contribution is 2.32. The maximum atomic E-state index is 13.2. The van der Waals surface area contributed by atoms with E-state index in [2.05, 4.69) is 10.6 Å². The maximum absolute atomic E-state index is 13.2. The number of halogens is 1. The molecule has 1 aliphatic rings. The second-order valence-electron chi connectivity index (χ2n) is 7.75. The van der Waals surface area contributed by atoms with Crippen molar-refractivity contribution in [1.82, 2.24) is 5.32 Å². The number of anilines is 2. The van der Waals surface area contributed by atoms with Crippen LogP contribution in [0.2, 0.25) is 0 Å². The van der Waals surface area contributed by atoms with Crippen molar-refractivity contribution in [2.24, 2.45) is 0 Å². The van der Waals surface area contributed by atoms with Crippen molar-refractivity contribution >= 4 is 46.7 Å². The third-order valence-corrected chi connectivity index (χ3v) is 5.60. The highest BCUT2D eigenvalue weighted by molar-refractivity contribution is 6.53. The van der Waals surface area contributed by atoms with Crippen LogP contribution in [0.15, 0.2) is 82.1 Å². The van der Waals surface area contributed by atoms with Crippen molar-refractivity contribution in [3.8, 4) is 0 Å². The minimum atomic E-state index is -0.770. The number of esters is 1. The number of hydrogen-bond donors (Lipinski definition) is 2. The van der Waals surface area contributed by atoms with Crippen molar-refractivity contribution in [2.75, 3.05) is 16.8 Å². The predicted octanol–water partition coefficient (Wildman–Crippen LogP) is 4.21. The van der Waals surface area contributed by atoms with Gasteiger partial charge in [0.2, 0.25) is 0 Å². The maximum Gasteiger partial charge on any atom is 0.340 e. The minimum Gasteiger partial charge on any atom is -0.467 e. The van der Waals surface area contributed by atoms with Gasteiger partial charge in [-0.05, 0) is 55.0 Å². The van der Waals surface area contributed by atoms with Gasteiger partial charge in [0.05, 0.1) is 30.7 Å². The number of benzene rings is 2. The molecule has 0 saturated heterocycles. The Balaban J connectivity index is 1.48. The summed E-state index contributed by atoms with van der Waals surface area (Å²) in [6, 6.07) is 15.9. The highest BCUT2D eigenvalue weighted by Gasteiger charge is 2.40. The Hall–Kier alpha value is -4.37. The summed E-state index contributed by atoms with van der Waals surface area (Å²) >= 11 is 6.22. The summed E-state index contributed by atoms with van der Waals surface area (Å²) in [6.45, 7) is 2.31. The number of para-hydroxylation sites is 1. The van der Waals surface area contributed by atoms with Crippen LogP contribution in [0.1, 0.15) is 39.8 Å². The molecule has 184 valence electrons. The Morgan fingerprint density at radius 3 is 2.44 bits per heavy atom. The van der Waals surface area contributed by atoms with E-state index in [1.54, 1.807) is 48.5 Å². The topological polar surface area (TPSA) is 118 Å². The van der Waals surface area contributed by atoms with E-state index < -0.39 is 17.8 Å². The Labute approximate surface area is 211 Å². The molecule has 1 aliphatic heterocycles. The van der Waals surface area contributed by atoms with E-state index in [-0.39, 0.29) is 41.0 Å². The van der Waals surface area contributed by atoms with Crippen molar-refractivity contribution in [3.05, 3.63) is 94.5 Å². The Morgan fingerprint density at radius 2 is 1.75 bits per heavy atom. The zero-order chi connectivity index (χ0) is 25.7. The molecule has 9 nitrogen and oxygen atoms in total. The van der Waals surface area contributed by atoms with Crippen LogP contribution in [0, 0.1) is 0 Å². The third kappa shape index (κ3) is 5.16. The predicted molar refractivity (Wildman–Crippen MR) is 132 cm³/mol. The van der Waals surface area contributed by atoms with Crippen molar-refractivity contribution < 1.29 is 28.3 Å². The first-order chi connectivity index (χ1) is 17.4. The molecule has 0 saturated carbocycles. The van der Waals surface area contributed by atoms with Crippen LogP contribution in [-0.2, 0) is 20.9 Å². The average Bonchev–Trinajstić information content (AvgIpc) is 3.49. The lowest BCUT2D eigenvalue weighted by Gasteiger charge is -2.18. The van der Waals surface area contributed by atoms with E-state index in [4.69, 9.17) is 20.8 Å². The number of carbonyl (C=O) groups excluding carboxylic acids is 4. The number of furan rings is 1. The van der Waals surface area contributed by atoms with Gasteiger partial charge in [-0.3, -0.25) is 14.4 Å². The van der Waals surface area contributed by atoms with E-state index in [9.17, 15) is 19.2 Å². The van der Waals surface area contributed by atoms with Gasteiger partial charge in [0.1, 0.15) is 16.5 Å². The molecule has 1 aromatic heterocycles. The quantitative estimate of drug-likeness (QED) is 0.329. The van der Waals surface area contributed by atoms with Gasteiger partial charge in [0.15, 0.2) is 0 Å². The fourth-order valence-electron chi connectivity index (χ4n) is 3.48. The SMILES string of the molecule is CCCOC(=O)c1ccccc1N1C(=O)C(Cl)=C(Nc2ccc(C(=O)NCc3ccco3)cc2)C1=O. The van der Waals surface area contributed by atoms with Crippen LogP contribution in [0.25, 0.3) is 0 Å². The molecule has 2 aromatic carbocycles. The molecule has 0 radical (unpaired) electrons. The molecule has 0 atom stereocenters. The molecular formula is C26H22ClN3O6. The van der Waals surface area contributed by atoms with Crippen molar-refractivity contribution in [3.63, 3.8) is 0 Å². The number of hydrogen-bond acceptors (Lipinski definition) is 7. The second-order valence-corrected chi connectivity index (χ2v) is 8.13. The summed E-state index contributed by atoms with van der Waals surface area (Å²) < 4.78 is 10.4. The fraction of sp³-hybridized carbons (Fsp3) is 0.154. The lowest BCUT2D eigenvalue weighted by Crippen LogP contribution is -2.33. The number of amides is 3. The number of rotatable bonds is 9. The van der Waals surface area contributed by atoms with Gasteiger partial charge in [0.25, 0.3) is 17.7 Å². The van der Waals surface area contributed by atoms with Gasteiger partial charge < -0.3 is 19.8 Å². The van der Waals surface area contributed by atoms with E-state index in [0.29, 0.717) is 23.4 Å². The molecule has 0 aliphatic carbocycles. The Morgan fingerprint density at radius 1 is 1.00 bits per heavy atom. The molecular weight excluding hydrogens is 486 g/mol. The first-order valence-electron chi connectivity index (χ1n) is 11.1. The van der Waals surface area contributed by atoms with Gasteiger partial charge >= 0.3 is 5.97 Å². The highest BCUT2D eigenvalue weighted by atomic mass is 35.5. The van der Waals surface area contributed by atoms with Crippen LogP contribution in [0.3, 0.4) is 0 Å². The van der Waals surface area contributed by atoms with Gasteiger partial charge in [0, 0.05) is 11.3 Å². The Bertz CT molecular complexity index is 1330. The summed E-state index contributed by atoms with van der Waals surface area (Å²) in [5.74, 6) is -1.82. The molecule has 0 fully saturated rings. The fourth-order valence-corrected chi connectivity index (χ4v) is 3.69. The van der Waals surface area contributed by atoms with Crippen LogP contribution in [0.4, 0.5) is 11.4 Å². The molecule has 2 N–H and O–H groups in total. The van der Waals surface area contributed by atoms with E-state index in [0.717, 1.165) is 4.90 Å². The lowest BCUT2D eigenvalue weighted by molar-refractivity contribution is -0.120. The van der Waals surface area contributed by atoms with Gasteiger partial charge in [-0.1, -0.05) is 30.7 Å². The van der Waals surface area contributed by atoms with Gasteiger partial charge in [-0.15, -0.1) is 0 Å². The summed E-state index contributed by atoms with van der Waals surface area (Å²) in [5.41, 5.74) is 0.829. The smallest absolute Gasteiger partial charge is 0.340 e. The van der Waals surface area contributed by atoms with Crippen LogP contribution >= 0.6 is 11.6 Å². The standard InChI is InChI=1S/C26H22ClN3O6/c1-2-13-36-26(34)19-7-3-4-8-20(19)30-24(32)21(27)22(25(30)33)29-17-11-9-16(10-12-17)23(31)28-15-18-6-5-14-35-18/h3-12,14,29H,2,13,15H2,1H3,(H,28,31). The average molecular weight is 508 g/mol. The molecule has 36 heavy (non-hydrogen) atoms. The second kappa shape index (κ2) is 10.9. The number of imide groups is 1. The number of nitrogens with zero attached hydrogens (tertiary/aromatic N) is 1. The van der Waals surface area contributed by atoms with Crippen molar-refractivity contribution in [2.45, 2.75) is 19.9 Å². The normalized spacial score (nSPS) is 13.2. The monoisotopic (exact) mass is 507 g/mol. The molecule has 2 heterocycles. The van der Waals surface area contributed by atoms with Gasteiger partial charge in [-0.25, -0.2) is 9.69 Å². The van der Waals surface area contributed by atoms with Crippen LogP contribution in [-0.4, -0.2) is 30.3 Å². The third-order valence-electron chi connectivity index (χ3n) is 5.25. The van der Waals surface area contributed by atoms with Crippen molar-refractivity contribution in [1.29, 1.82) is 0 Å².